The summed E-state index contributed by atoms with van der Waals surface area (Å²) in [7, 11) is 3.26. The van der Waals surface area contributed by atoms with Crippen molar-refractivity contribution in [2.75, 3.05) is 40.4 Å². The number of aliphatic imine (C=N–C) groups is 1. The highest BCUT2D eigenvalue weighted by atomic mass is 127. The van der Waals surface area contributed by atoms with Gasteiger partial charge in [0.05, 0.1) is 13.2 Å². The summed E-state index contributed by atoms with van der Waals surface area (Å²) in [6.07, 6.45) is 2.56. The molecule has 1 amide bonds. The number of halogens is 1. The van der Waals surface area contributed by atoms with Gasteiger partial charge in [0.25, 0.3) is 0 Å². The average Bonchev–Trinajstić information content (AvgIpc) is 2.52. The van der Waals surface area contributed by atoms with Crippen LogP contribution in [0.5, 0.6) is 0 Å². The van der Waals surface area contributed by atoms with E-state index < -0.39 is 0 Å². The van der Waals surface area contributed by atoms with Crippen LogP contribution in [0.15, 0.2) is 29.4 Å². The Hall–Kier alpha value is -1.42. The third-order valence-corrected chi connectivity index (χ3v) is 2.67. The van der Waals surface area contributed by atoms with E-state index in [1.165, 1.54) is 0 Å². The van der Waals surface area contributed by atoms with Gasteiger partial charge < -0.3 is 20.7 Å². The van der Waals surface area contributed by atoms with Crippen molar-refractivity contribution in [3.05, 3.63) is 30.1 Å². The minimum atomic E-state index is -0.0975. The van der Waals surface area contributed by atoms with Crippen LogP contribution in [0, 0.1) is 0 Å². The number of ether oxygens (including phenoxy) is 1. The first-order chi connectivity index (χ1) is 10.3. The van der Waals surface area contributed by atoms with E-state index in [2.05, 4.69) is 25.9 Å². The van der Waals surface area contributed by atoms with E-state index in [0.29, 0.717) is 25.7 Å². The standard InChI is InChI=1S/C14H23N5O2.HI/c1-15-14(19-11-13(20)17-9-10-21-2)18-8-6-12-5-3-4-7-16-12;/h3-5,7H,6,8-11H2,1-2H3,(H,17,20)(H2,15,18,19);1H. The van der Waals surface area contributed by atoms with Crippen molar-refractivity contribution in [2.24, 2.45) is 4.99 Å². The number of hydrogen-bond acceptors (Lipinski definition) is 4. The lowest BCUT2D eigenvalue weighted by molar-refractivity contribution is -0.120. The van der Waals surface area contributed by atoms with Crippen LogP contribution < -0.4 is 16.0 Å². The van der Waals surface area contributed by atoms with Crippen LogP contribution in [-0.2, 0) is 16.0 Å². The van der Waals surface area contributed by atoms with Crippen molar-refractivity contribution in [3.63, 3.8) is 0 Å². The maximum Gasteiger partial charge on any atom is 0.239 e. The molecule has 0 aliphatic heterocycles. The molecule has 124 valence electrons. The molecule has 1 heterocycles. The van der Waals surface area contributed by atoms with Gasteiger partial charge in [0.1, 0.15) is 0 Å². The normalized spacial score (nSPS) is 10.5. The summed E-state index contributed by atoms with van der Waals surface area (Å²) >= 11 is 0. The summed E-state index contributed by atoms with van der Waals surface area (Å²) in [5.74, 6) is 0.493. The minimum absolute atomic E-state index is 0. The van der Waals surface area contributed by atoms with Gasteiger partial charge in [-0.3, -0.25) is 14.8 Å². The predicted octanol–water partition coefficient (Wildman–Crippen LogP) is 0.170. The topological polar surface area (TPSA) is 87.6 Å². The number of methoxy groups -OCH3 is 1. The molecule has 3 N–H and O–H groups in total. The second-order valence-electron chi connectivity index (χ2n) is 4.27. The van der Waals surface area contributed by atoms with E-state index in [1.54, 1.807) is 20.4 Å². The number of pyridine rings is 1. The fraction of sp³-hybridized carbons (Fsp3) is 0.500. The van der Waals surface area contributed by atoms with E-state index in [9.17, 15) is 4.79 Å². The number of nitrogens with one attached hydrogen (secondary N) is 3. The van der Waals surface area contributed by atoms with E-state index >= 15 is 0 Å². The number of carbonyl (C=O) groups is 1. The molecule has 22 heavy (non-hydrogen) atoms. The van der Waals surface area contributed by atoms with Crippen molar-refractivity contribution in [3.8, 4) is 0 Å². The molecule has 0 atom stereocenters. The van der Waals surface area contributed by atoms with E-state index in [0.717, 1.165) is 12.1 Å². The van der Waals surface area contributed by atoms with Gasteiger partial charge in [0.15, 0.2) is 5.96 Å². The summed E-state index contributed by atoms with van der Waals surface area (Å²) in [5.41, 5.74) is 1.01. The number of amides is 1. The largest absolute Gasteiger partial charge is 0.383 e. The molecule has 0 fully saturated rings. The Morgan fingerprint density at radius 2 is 2.09 bits per heavy atom. The number of carbonyl (C=O) groups excluding carboxylic acids is 1. The monoisotopic (exact) mass is 421 g/mol. The number of hydrogen-bond donors (Lipinski definition) is 3. The summed E-state index contributed by atoms with van der Waals surface area (Å²) < 4.78 is 4.86. The second-order valence-corrected chi connectivity index (χ2v) is 4.27. The molecule has 1 aromatic rings. The van der Waals surface area contributed by atoms with Gasteiger partial charge in [-0.1, -0.05) is 6.07 Å². The van der Waals surface area contributed by atoms with Gasteiger partial charge in [-0.15, -0.1) is 24.0 Å². The number of rotatable bonds is 8. The number of aromatic nitrogens is 1. The molecule has 8 heteroatoms. The molecule has 0 bridgehead atoms. The van der Waals surface area contributed by atoms with Crippen LogP contribution >= 0.6 is 24.0 Å². The molecule has 0 saturated heterocycles. The highest BCUT2D eigenvalue weighted by Crippen LogP contribution is 1.92. The lowest BCUT2D eigenvalue weighted by Crippen LogP contribution is -2.44. The molecule has 1 aromatic heterocycles. The molecule has 1 rings (SSSR count). The Morgan fingerprint density at radius 3 is 2.73 bits per heavy atom. The molecule has 0 radical (unpaired) electrons. The molecule has 0 saturated carbocycles. The van der Waals surface area contributed by atoms with Crippen LogP contribution in [0.25, 0.3) is 0 Å². The SMILES string of the molecule is CN=C(NCCc1ccccn1)NCC(=O)NCCOC.I. The summed E-state index contributed by atoms with van der Waals surface area (Å²) in [6, 6.07) is 5.82. The zero-order valence-electron chi connectivity index (χ0n) is 13.0. The lowest BCUT2D eigenvalue weighted by Gasteiger charge is -2.11. The smallest absolute Gasteiger partial charge is 0.239 e. The zero-order chi connectivity index (χ0) is 15.3. The Kier molecular flexibility index (Phi) is 12.4. The first kappa shape index (κ1) is 20.6. The van der Waals surface area contributed by atoms with Crippen molar-refractivity contribution in [1.82, 2.24) is 20.9 Å². The summed E-state index contributed by atoms with van der Waals surface area (Å²) in [5, 5.41) is 8.81. The number of guanidine groups is 1. The van der Waals surface area contributed by atoms with Crippen LogP contribution in [0.1, 0.15) is 5.69 Å². The van der Waals surface area contributed by atoms with Gasteiger partial charge in [-0.25, -0.2) is 0 Å². The Morgan fingerprint density at radius 1 is 1.27 bits per heavy atom. The van der Waals surface area contributed by atoms with Crippen LogP contribution in [0.4, 0.5) is 0 Å². The predicted molar refractivity (Wildman–Crippen MR) is 97.6 cm³/mol. The summed E-state index contributed by atoms with van der Waals surface area (Å²) in [6.45, 7) is 1.88. The third kappa shape index (κ3) is 9.50. The fourth-order valence-electron chi connectivity index (χ4n) is 1.59. The molecule has 0 spiro atoms. The molecule has 0 aliphatic rings. The first-order valence-electron chi connectivity index (χ1n) is 6.86. The third-order valence-electron chi connectivity index (χ3n) is 2.67. The zero-order valence-corrected chi connectivity index (χ0v) is 15.3. The highest BCUT2D eigenvalue weighted by molar-refractivity contribution is 14.0. The quantitative estimate of drug-likeness (QED) is 0.241. The average molecular weight is 421 g/mol. The highest BCUT2D eigenvalue weighted by Gasteiger charge is 2.02. The maximum atomic E-state index is 11.5. The Labute approximate surface area is 148 Å². The van der Waals surface area contributed by atoms with Crippen molar-refractivity contribution < 1.29 is 9.53 Å². The van der Waals surface area contributed by atoms with Gasteiger partial charge >= 0.3 is 0 Å². The molecule has 0 unspecified atom stereocenters. The van der Waals surface area contributed by atoms with Gasteiger partial charge in [-0.05, 0) is 12.1 Å². The summed E-state index contributed by atoms with van der Waals surface area (Å²) in [4.78, 5) is 19.8. The van der Waals surface area contributed by atoms with E-state index in [-0.39, 0.29) is 36.4 Å². The van der Waals surface area contributed by atoms with Crippen LogP contribution in [0.2, 0.25) is 0 Å². The van der Waals surface area contributed by atoms with Crippen molar-refractivity contribution >= 4 is 35.8 Å². The lowest BCUT2D eigenvalue weighted by atomic mass is 10.3. The van der Waals surface area contributed by atoms with Crippen LogP contribution in [0.3, 0.4) is 0 Å². The van der Waals surface area contributed by atoms with E-state index in [4.69, 9.17) is 4.74 Å². The Balaban J connectivity index is 0.00000441. The first-order valence-corrected chi connectivity index (χ1v) is 6.86. The van der Waals surface area contributed by atoms with Gasteiger partial charge in [0, 0.05) is 45.6 Å². The maximum absolute atomic E-state index is 11.5. The van der Waals surface area contributed by atoms with Crippen molar-refractivity contribution in [1.29, 1.82) is 0 Å². The second kappa shape index (κ2) is 13.3. The Bertz CT molecular complexity index is 442. The van der Waals surface area contributed by atoms with Crippen LogP contribution in [-0.4, -0.2) is 57.2 Å². The molecule has 0 aromatic carbocycles. The fourth-order valence-corrected chi connectivity index (χ4v) is 1.59. The minimum Gasteiger partial charge on any atom is -0.383 e. The molecular weight excluding hydrogens is 397 g/mol. The van der Waals surface area contributed by atoms with Crippen molar-refractivity contribution in [2.45, 2.75) is 6.42 Å². The number of nitrogens with zero attached hydrogens (tertiary/aromatic N) is 2. The van der Waals surface area contributed by atoms with E-state index in [1.807, 2.05) is 18.2 Å². The molecular formula is C14H24IN5O2. The van der Waals surface area contributed by atoms with Gasteiger partial charge in [0.2, 0.25) is 5.91 Å². The van der Waals surface area contributed by atoms with Gasteiger partial charge in [-0.2, -0.15) is 0 Å². The molecule has 0 aliphatic carbocycles. The molecule has 7 nitrogen and oxygen atoms in total.